The molecule has 2 aliphatic rings. The Kier molecular flexibility index (Phi) is 19.6. The zero-order chi connectivity index (χ0) is 45.2. The van der Waals surface area contributed by atoms with Crippen LogP contribution in [0.15, 0.2) is 82.5 Å². The van der Waals surface area contributed by atoms with Crippen LogP contribution in [0.3, 0.4) is 0 Å². The minimum absolute atomic E-state index is 0. The summed E-state index contributed by atoms with van der Waals surface area (Å²) >= 11 is 23.3. The van der Waals surface area contributed by atoms with Gasteiger partial charge in [0.2, 0.25) is 10.6 Å². The van der Waals surface area contributed by atoms with Crippen LogP contribution in [-0.4, -0.2) is 78.2 Å². The van der Waals surface area contributed by atoms with E-state index in [0.29, 0.717) is 60.3 Å². The Bertz CT molecular complexity index is 2560. The highest BCUT2D eigenvalue weighted by molar-refractivity contribution is 9.11. The molecule has 13 nitrogen and oxygen atoms in total. The van der Waals surface area contributed by atoms with Crippen LogP contribution in [0.2, 0.25) is 15.7 Å². The first-order valence-corrected chi connectivity index (χ1v) is 27.5. The number of rotatable bonds is 10. The van der Waals surface area contributed by atoms with Gasteiger partial charge in [-0.1, -0.05) is 44.5 Å². The maximum atomic E-state index is 13.0. The third kappa shape index (κ3) is 15.9. The van der Waals surface area contributed by atoms with E-state index in [9.17, 15) is 9.13 Å². The minimum atomic E-state index is -2.58. The number of aliphatic hydroxyl groups is 1. The standard InChI is InChI=1S/C19H18BrClN5OP.C15H18N3OP.C4HBrCl2N2.C4H10O.CH4/c1-28(2,27)17-7-12(16-10-22-15(9-23-16)11-3-4-11)5-6-14(17)25-18-13(20)8-24-19(21)26-18;1-20(2,19)15-7-11(5-6-12(15)16)14-9-17-13(8-18-14)10-3-4-10;5-2-1-8-4(7)9-3(2)6;1-2-3-4-5;/h5-11H,3-4H2,1-2H3,(H,24,25,26);5-10H,3-4,16H2,1-2H3;1H;5H,2-4H2,1H3;1H4. The molecule has 4 aromatic heterocycles. The third-order valence-corrected chi connectivity index (χ3v) is 14.4. The molecule has 20 heteroatoms. The Morgan fingerprint density at radius 1 is 0.698 bits per heavy atom. The number of aromatic nitrogens is 8. The van der Waals surface area contributed by atoms with E-state index in [-0.39, 0.29) is 18.0 Å². The van der Waals surface area contributed by atoms with Crippen molar-refractivity contribution in [3.63, 3.8) is 0 Å². The van der Waals surface area contributed by atoms with Gasteiger partial charge in [-0.15, -0.1) is 0 Å². The summed E-state index contributed by atoms with van der Waals surface area (Å²) < 4.78 is 26.5. The van der Waals surface area contributed by atoms with Gasteiger partial charge in [0.05, 0.1) is 49.8 Å². The Labute approximate surface area is 401 Å². The summed E-state index contributed by atoms with van der Waals surface area (Å²) in [5.74, 6) is 1.68. The Morgan fingerprint density at radius 2 is 1.19 bits per heavy atom. The zero-order valence-electron chi connectivity index (χ0n) is 34.7. The molecule has 6 aromatic rings. The van der Waals surface area contributed by atoms with Crippen molar-refractivity contribution >= 4 is 109 Å². The van der Waals surface area contributed by atoms with E-state index >= 15 is 0 Å². The molecule has 8 rings (SSSR count). The van der Waals surface area contributed by atoms with Crippen molar-refractivity contribution in [2.45, 2.75) is 64.7 Å². The molecule has 0 radical (unpaired) electrons. The second-order valence-corrected chi connectivity index (χ2v) is 24.3. The lowest BCUT2D eigenvalue weighted by Crippen LogP contribution is -2.11. The van der Waals surface area contributed by atoms with Crippen molar-refractivity contribution in [1.29, 1.82) is 0 Å². The molecular formula is C43H51Br2Cl3N10O3P2. The number of unbranched alkanes of at least 4 members (excludes halogenated alkanes) is 1. The van der Waals surface area contributed by atoms with E-state index < -0.39 is 14.3 Å². The lowest BCUT2D eigenvalue weighted by atomic mass is 10.1. The summed E-state index contributed by atoms with van der Waals surface area (Å²) in [6.07, 6.45) is 17.2. The molecule has 0 atom stereocenters. The molecule has 0 saturated heterocycles. The third-order valence-electron chi connectivity index (χ3n) is 9.27. The molecule has 63 heavy (non-hydrogen) atoms. The highest BCUT2D eigenvalue weighted by Gasteiger charge is 2.26. The van der Waals surface area contributed by atoms with Crippen LogP contribution >= 0.6 is 80.9 Å². The molecule has 4 N–H and O–H groups in total. The molecule has 2 aromatic carbocycles. The smallest absolute Gasteiger partial charge is 0.224 e. The molecule has 0 bridgehead atoms. The molecule has 0 aliphatic heterocycles. The molecule has 0 amide bonds. The van der Waals surface area contributed by atoms with Gasteiger partial charge < -0.3 is 25.3 Å². The number of anilines is 3. The molecule has 0 spiro atoms. The lowest BCUT2D eigenvalue weighted by molar-refractivity contribution is 0.287. The van der Waals surface area contributed by atoms with Crippen molar-refractivity contribution < 1.29 is 14.2 Å². The van der Waals surface area contributed by atoms with E-state index in [1.165, 1.54) is 31.9 Å². The van der Waals surface area contributed by atoms with Gasteiger partial charge >= 0.3 is 0 Å². The number of benzene rings is 2. The average molecular weight is 1080 g/mol. The molecule has 2 saturated carbocycles. The number of halogens is 5. The maximum absolute atomic E-state index is 13.0. The fourth-order valence-electron chi connectivity index (χ4n) is 5.61. The second kappa shape index (κ2) is 23.7. The second-order valence-electron chi connectivity index (χ2n) is 15.2. The van der Waals surface area contributed by atoms with Gasteiger partial charge in [0.1, 0.15) is 25.3 Å². The molecular weight excluding hydrogens is 1030 g/mol. The van der Waals surface area contributed by atoms with Crippen LogP contribution in [0, 0.1) is 0 Å². The average Bonchev–Trinajstić information content (AvgIpc) is 4.17. The number of nitrogens with two attached hydrogens (primary N) is 1. The number of aliphatic hydroxyl groups excluding tert-OH is 1. The van der Waals surface area contributed by atoms with Gasteiger partial charge in [-0.25, -0.2) is 15.0 Å². The van der Waals surface area contributed by atoms with Gasteiger partial charge in [-0.2, -0.15) is 4.98 Å². The molecule has 2 aliphatic carbocycles. The van der Waals surface area contributed by atoms with E-state index in [1.807, 2.05) is 42.7 Å². The first-order valence-electron chi connectivity index (χ1n) is 19.6. The highest BCUT2D eigenvalue weighted by Crippen LogP contribution is 2.42. The van der Waals surface area contributed by atoms with Gasteiger partial charge in [-0.3, -0.25) is 19.9 Å². The lowest BCUT2D eigenvalue weighted by Gasteiger charge is -2.17. The Morgan fingerprint density at radius 3 is 1.60 bits per heavy atom. The predicted octanol–water partition coefficient (Wildman–Crippen LogP) is 12.0. The van der Waals surface area contributed by atoms with E-state index in [2.05, 4.69) is 84.0 Å². The maximum Gasteiger partial charge on any atom is 0.224 e. The summed E-state index contributed by atoms with van der Waals surface area (Å²) in [7, 11) is -4.98. The van der Waals surface area contributed by atoms with Gasteiger partial charge in [0.25, 0.3) is 0 Å². The monoisotopic (exact) mass is 1080 g/mol. The first-order chi connectivity index (χ1) is 29.4. The van der Waals surface area contributed by atoms with Crippen LogP contribution in [0.4, 0.5) is 17.2 Å². The fraction of sp³-hybridized carbons (Fsp3) is 0.349. The van der Waals surface area contributed by atoms with Crippen LogP contribution in [-0.2, 0) is 9.13 Å². The molecule has 0 unspecified atom stereocenters. The summed E-state index contributed by atoms with van der Waals surface area (Å²) in [5.41, 5.74) is 12.7. The Hall–Kier alpha value is -3.39. The number of nitrogens with one attached hydrogen (secondary N) is 1. The van der Waals surface area contributed by atoms with Crippen molar-refractivity contribution in [2.24, 2.45) is 0 Å². The molecule has 2 fully saturated rings. The summed E-state index contributed by atoms with van der Waals surface area (Å²) in [5, 5.41) is 13.3. The summed E-state index contributed by atoms with van der Waals surface area (Å²) in [6.45, 7) is 9.32. The molecule has 336 valence electrons. The highest BCUT2D eigenvalue weighted by atomic mass is 79.9. The van der Waals surface area contributed by atoms with E-state index in [4.69, 9.17) is 45.6 Å². The number of hydrogen-bond acceptors (Lipinski definition) is 13. The number of hydrogen-bond donors (Lipinski definition) is 3. The van der Waals surface area contributed by atoms with Gasteiger partial charge in [-0.05, 0) is 138 Å². The summed E-state index contributed by atoms with van der Waals surface area (Å²) in [4.78, 5) is 33.5. The largest absolute Gasteiger partial charge is 0.398 e. The topological polar surface area (TPSA) is 196 Å². The van der Waals surface area contributed by atoms with Gasteiger partial charge in [0.15, 0.2) is 0 Å². The van der Waals surface area contributed by atoms with Crippen LogP contribution in [0.1, 0.15) is 76.1 Å². The van der Waals surface area contributed by atoms with Crippen LogP contribution in [0.25, 0.3) is 22.5 Å². The minimum Gasteiger partial charge on any atom is -0.398 e. The fourth-order valence-corrected chi connectivity index (χ4v) is 8.84. The first kappa shape index (κ1) is 52.2. The quantitative estimate of drug-likeness (QED) is 0.0508. The normalized spacial score (nSPS) is 13.2. The van der Waals surface area contributed by atoms with Crippen LogP contribution < -0.4 is 21.7 Å². The van der Waals surface area contributed by atoms with Crippen molar-refractivity contribution in [2.75, 3.05) is 44.3 Å². The predicted molar refractivity (Wildman–Crippen MR) is 268 cm³/mol. The Balaban J connectivity index is 0.000000216. The van der Waals surface area contributed by atoms with Crippen molar-refractivity contribution in [3.8, 4) is 22.5 Å². The van der Waals surface area contributed by atoms with Crippen LogP contribution in [0.5, 0.6) is 0 Å². The number of nitrogens with zero attached hydrogens (tertiary/aromatic N) is 8. The van der Waals surface area contributed by atoms with Crippen molar-refractivity contribution in [3.05, 3.63) is 110 Å². The zero-order valence-corrected chi connectivity index (χ0v) is 42.0. The van der Waals surface area contributed by atoms with Crippen molar-refractivity contribution in [1.82, 2.24) is 39.9 Å². The molecule has 4 heterocycles. The van der Waals surface area contributed by atoms with E-state index in [1.54, 1.807) is 51.3 Å². The summed E-state index contributed by atoms with van der Waals surface area (Å²) in [6, 6.07) is 11.3. The number of nitrogen functional groups attached to an aromatic ring is 1. The SMILES string of the molecule is C.CCCCO.CP(C)(=O)c1cc(-c2cnc(C3CC3)cn2)ccc1N.CP(C)(=O)c1cc(-c2cnc(C3CC3)cn2)ccc1Nc1nc(Cl)ncc1Br.Clc1ncc(Br)c(Cl)n1. The van der Waals surface area contributed by atoms with E-state index in [0.717, 1.165) is 46.7 Å². The van der Waals surface area contributed by atoms with Gasteiger partial charge in [0, 0.05) is 70.7 Å².